The van der Waals surface area contributed by atoms with E-state index < -0.39 is 10.0 Å². The number of carbonyl (C=O) groups excluding carboxylic acids is 1. The molecule has 0 bridgehead atoms. The van der Waals surface area contributed by atoms with Gasteiger partial charge < -0.3 is 4.90 Å². The van der Waals surface area contributed by atoms with Crippen molar-refractivity contribution in [3.8, 4) is 0 Å². The number of piperidine rings is 1. The quantitative estimate of drug-likeness (QED) is 0.548. The molecule has 3 aromatic rings. The Labute approximate surface area is 196 Å². The maximum Gasteiger partial charge on any atom is 0.262 e. The number of anilines is 1. The van der Waals surface area contributed by atoms with Crippen LogP contribution in [0.25, 0.3) is 0 Å². The highest BCUT2D eigenvalue weighted by Gasteiger charge is 2.26. The van der Waals surface area contributed by atoms with Gasteiger partial charge in [-0.25, -0.2) is 8.42 Å². The molecule has 5 nitrogen and oxygen atoms in total. The van der Waals surface area contributed by atoms with Gasteiger partial charge in [-0.3, -0.25) is 9.52 Å². The molecule has 0 spiro atoms. The van der Waals surface area contributed by atoms with Crippen LogP contribution >= 0.6 is 0 Å². The summed E-state index contributed by atoms with van der Waals surface area (Å²) in [5.74, 6) is 0.448. The molecule has 33 heavy (non-hydrogen) atoms. The van der Waals surface area contributed by atoms with Gasteiger partial charge in [0.25, 0.3) is 15.9 Å². The first-order chi connectivity index (χ1) is 15.8. The molecule has 1 saturated heterocycles. The van der Waals surface area contributed by atoms with Crippen LogP contribution in [0.15, 0.2) is 77.7 Å². The van der Waals surface area contributed by atoms with Crippen LogP contribution in [0.4, 0.5) is 5.69 Å². The first kappa shape index (κ1) is 23.1. The minimum absolute atomic E-state index is 0.111. The fourth-order valence-electron chi connectivity index (χ4n) is 4.32. The van der Waals surface area contributed by atoms with E-state index in [1.165, 1.54) is 11.6 Å². The minimum Gasteiger partial charge on any atom is -0.339 e. The lowest BCUT2D eigenvalue weighted by Crippen LogP contribution is -2.39. The Hall–Kier alpha value is -3.12. The van der Waals surface area contributed by atoms with Crippen LogP contribution in [0.3, 0.4) is 0 Å². The summed E-state index contributed by atoms with van der Waals surface area (Å²) in [6.45, 7) is 5.07. The highest BCUT2D eigenvalue weighted by molar-refractivity contribution is 7.92. The number of aryl methyl sites for hydroxylation is 2. The van der Waals surface area contributed by atoms with Crippen molar-refractivity contribution < 1.29 is 13.2 Å². The summed E-state index contributed by atoms with van der Waals surface area (Å²) in [4.78, 5) is 15.1. The number of amides is 1. The van der Waals surface area contributed by atoms with Crippen molar-refractivity contribution in [2.75, 3.05) is 17.8 Å². The molecule has 3 aromatic carbocycles. The van der Waals surface area contributed by atoms with Gasteiger partial charge in [0.2, 0.25) is 0 Å². The maximum atomic E-state index is 13.2. The molecule has 1 aliphatic rings. The fourth-order valence-corrected chi connectivity index (χ4v) is 5.65. The topological polar surface area (TPSA) is 66.5 Å². The van der Waals surface area contributed by atoms with Gasteiger partial charge in [0.1, 0.15) is 0 Å². The Kier molecular flexibility index (Phi) is 6.84. The number of benzene rings is 3. The zero-order chi connectivity index (χ0) is 23.4. The number of likely N-dealkylation sites (tertiary alicyclic amines) is 1. The molecule has 1 aliphatic heterocycles. The smallest absolute Gasteiger partial charge is 0.262 e. The maximum absolute atomic E-state index is 13.2. The number of rotatable bonds is 6. The van der Waals surface area contributed by atoms with Gasteiger partial charge in [-0.2, -0.15) is 0 Å². The van der Waals surface area contributed by atoms with Crippen LogP contribution in [0.1, 0.15) is 39.9 Å². The van der Waals surface area contributed by atoms with Gasteiger partial charge in [-0.15, -0.1) is 0 Å². The third-order valence-corrected chi connectivity index (χ3v) is 7.82. The van der Waals surface area contributed by atoms with Gasteiger partial charge in [-0.05, 0) is 74.4 Å². The summed E-state index contributed by atoms with van der Waals surface area (Å²) in [5, 5.41) is 0. The van der Waals surface area contributed by atoms with E-state index in [0.717, 1.165) is 24.8 Å². The van der Waals surface area contributed by atoms with Gasteiger partial charge >= 0.3 is 0 Å². The first-order valence-corrected chi connectivity index (χ1v) is 12.8. The van der Waals surface area contributed by atoms with Crippen LogP contribution in [0.2, 0.25) is 0 Å². The van der Waals surface area contributed by atoms with Crippen LogP contribution in [-0.2, 0) is 16.4 Å². The van der Waals surface area contributed by atoms with E-state index in [0.29, 0.717) is 35.8 Å². The number of nitrogens with one attached hydrogen (secondary N) is 1. The Morgan fingerprint density at radius 1 is 0.939 bits per heavy atom. The first-order valence-electron chi connectivity index (χ1n) is 11.4. The largest absolute Gasteiger partial charge is 0.339 e. The monoisotopic (exact) mass is 462 g/mol. The number of hydrogen-bond donors (Lipinski definition) is 1. The molecular formula is C27H30N2O3S. The Balaban J connectivity index is 1.44. The molecule has 1 fully saturated rings. The van der Waals surface area contributed by atoms with Crippen molar-refractivity contribution in [2.45, 2.75) is 38.0 Å². The SMILES string of the molecule is Cc1ccc(NS(=O)(=O)c2cc(C(=O)N3CCC(Cc4ccccc4)CC3)ccc2C)cc1. The molecule has 1 amide bonds. The molecular weight excluding hydrogens is 432 g/mol. The average Bonchev–Trinajstić information content (AvgIpc) is 2.81. The van der Waals surface area contributed by atoms with E-state index in [4.69, 9.17) is 0 Å². The summed E-state index contributed by atoms with van der Waals surface area (Å²) in [6.07, 6.45) is 2.93. The number of nitrogens with zero attached hydrogens (tertiary/aromatic N) is 1. The molecule has 0 aromatic heterocycles. The second-order valence-electron chi connectivity index (χ2n) is 8.88. The Morgan fingerprint density at radius 3 is 2.27 bits per heavy atom. The molecule has 0 saturated carbocycles. The second kappa shape index (κ2) is 9.79. The molecule has 1 heterocycles. The Morgan fingerprint density at radius 2 is 1.61 bits per heavy atom. The van der Waals surface area contributed by atoms with E-state index in [9.17, 15) is 13.2 Å². The van der Waals surface area contributed by atoms with E-state index >= 15 is 0 Å². The van der Waals surface area contributed by atoms with Crippen molar-refractivity contribution >= 4 is 21.6 Å². The number of sulfonamides is 1. The summed E-state index contributed by atoms with van der Waals surface area (Å²) < 4.78 is 28.7. The number of carbonyl (C=O) groups is 1. The highest BCUT2D eigenvalue weighted by atomic mass is 32.2. The summed E-state index contributed by atoms with van der Waals surface area (Å²) in [6, 6.07) is 22.5. The summed E-state index contributed by atoms with van der Waals surface area (Å²) >= 11 is 0. The van der Waals surface area contributed by atoms with Crippen molar-refractivity contribution in [2.24, 2.45) is 5.92 Å². The standard InChI is InChI=1S/C27H30N2O3S/c1-20-8-12-25(13-9-20)28-33(31,32)26-19-24(11-10-21(26)2)27(30)29-16-14-23(15-17-29)18-22-6-4-3-5-7-22/h3-13,19,23,28H,14-18H2,1-2H3. The van der Waals surface area contributed by atoms with Crippen LogP contribution in [-0.4, -0.2) is 32.3 Å². The van der Waals surface area contributed by atoms with Gasteiger partial charge in [0.15, 0.2) is 0 Å². The van der Waals surface area contributed by atoms with Crippen LogP contribution < -0.4 is 4.72 Å². The Bertz CT molecular complexity index is 1210. The molecule has 0 unspecified atom stereocenters. The van der Waals surface area contributed by atoms with Crippen molar-refractivity contribution in [3.05, 3.63) is 95.1 Å². The lowest BCUT2D eigenvalue weighted by Gasteiger charge is -2.32. The lowest BCUT2D eigenvalue weighted by molar-refractivity contribution is 0.0690. The molecule has 0 radical (unpaired) electrons. The zero-order valence-electron chi connectivity index (χ0n) is 19.1. The third-order valence-electron chi connectivity index (χ3n) is 6.30. The normalized spacial score (nSPS) is 14.8. The van der Waals surface area contributed by atoms with Gasteiger partial charge in [0.05, 0.1) is 4.90 Å². The highest BCUT2D eigenvalue weighted by Crippen LogP contribution is 2.25. The van der Waals surface area contributed by atoms with E-state index in [1.807, 2.05) is 30.0 Å². The van der Waals surface area contributed by atoms with Crippen molar-refractivity contribution in [1.82, 2.24) is 4.90 Å². The van der Waals surface area contributed by atoms with Crippen molar-refractivity contribution in [1.29, 1.82) is 0 Å². The van der Waals surface area contributed by atoms with E-state index in [1.54, 1.807) is 31.2 Å². The lowest BCUT2D eigenvalue weighted by atomic mass is 9.90. The van der Waals surface area contributed by atoms with Gasteiger partial charge in [0, 0.05) is 24.3 Å². The average molecular weight is 463 g/mol. The third kappa shape index (κ3) is 5.63. The minimum atomic E-state index is -3.81. The van der Waals surface area contributed by atoms with E-state index in [-0.39, 0.29) is 10.8 Å². The summed E-state index contributed by atoms with van der Waals surface area (Å²) in [5.41, 5.74) is 3.89. The molecule has 4 rings (SSSR count). The van der Waals surface area contributed by atoms with Crippen LogP contribution in [0, 0.1) is 19.8 Å². The molecule has 172 valence electrons. The van der Waals surface area contributed by atoms with Crippen LogP contribution in [0.5, 0.6) is 0 Å². The second-order valence-corrected chi connectivity index (χ2v) is 10.5. The predicted molar refractivity (Wildman–Crippen MR) is 132 cm³/mol. The number of hydrogen-bond acceptors (Lipinski definition) is 3. The molecule has 0 aliphatic carbocycles. The van der Waals surface area contributed by atoms with Crippen molar-refractivity contribution in [3.63, 3.8) is 0 Å². The van der Waals surface area contributed by atoms with Gasteiger partial charge in [-0.1, -0.05) is 54.1 Å². The predicted octanol–water partition coefficient (Wildman–Crippen LogP) is 5.20. The fraction of sp³-hybridized carbons (Fsp3) is 0.296. The molecule has 1 N–H and O–H groups in total. The zero-order valence-corrected chi connectivity index (χ0v) is 19.9. The van der Waals surface area contributed by atoms with E-state index in [2.05, 4.69) is 29.0 Å². The molecule has 0 atom stereocenters. The molecule has 6 heteroatoms. The summed E-state index contributed by atoms with van der Waals surface area (Å²) in [7, 11) is -3.81.